The molecule has 0 aromatic heterocycles. The van der Waals surface area contributed by atoms with E-state index in [1.165, 1.54) is 0 Å². The number of rotatable bonds is 7. The lowest BCUT2D eigenvalue weighted by molar-refractivity contribution is -0.354. The number of hydrogen-bond donors (Lipinski definition) is 0. The van der Waals surface area contributed by atoms with Crippen molar-refractivity contribution >= 4 is 17.6 Å². The summed E-state index contributed by atoms with van der Waals surface area (Å²) >= 11 is 0. The summed E-state index contributed by atoms with van der Waals surface area (Å²) in [7, 11) is 0. The summed E-state index contributed by atoms with van der Waals surface area (Å²) in [5.74, 6) is -36.3. The van der Waals surface area contributed by atoms with Gasteiger partial charge in [-0.3, -0.25) is 14.4 Å². The van der Waals surface area contributed by atoms with Gasteiger partial charge in [0.15, 0.2) is 0 Å². The summed E-state index contributed by atoms with van der Waals surface area (Å²) in [6.45, 7) is 0. The smallest absolute Gasteiger partial charge is 0.288 e. The fourth-order valence-corrected chi connectivity index (χ4v) is 1.69. The summed E-state index contributed by atoms with van der Waals surface area (Å²) < 4.78 is 229. The molecule has 0 N–H and O–H groups in total. The first-order valence-corrected chi connectivity index (χ1v) is 6.51. The Bertz CT molecular complexity index is 787. The molecule has 0 heterocycles. The van der Waals surface area contributed by atoms with Crippen molar-refractivity contribution in [3.63, 3.8) is 0 Å². The number of carbonyl (C=O) groups excluding carboxylic acids is 3. The van der Waals surface area contributed by atoms with Crippen LogP contribution in [0.3, 0.4) is 0 Å². The molecule has 0 rings (SSSR count). The van der Waals surface area contributed by atoms with Crippen molar-refractivity contribution < 1.29 is 93.4 Å². The first kappa shape index (κ1) is 29.8. The van der Waals surface area contributed by atoms with E-state index in [1.807, 2.05) is 0 Å². The number of carbonyl (C=O) groups is 3. The molecule has 2 atom stereocenters. The minimum absolute atomic E-state index is 4.97. The van der Waals surface area contributed by atoms with Crippen molar-refractivity contribution in [3.8, 4) is 0 Å². The van der Waals surface area contributed by atoms with Gasteiger partial charge >= 0.3 is 53.7 Å². The number of hydrogen-bond acceptors (Lipinski definition) is 3. The molecule has 0 saturated heterocycles. The number of ketones is 2. The Balaban J connectivity index is 7.27. The largest absolute Gasteiger partial charge is 0.460 e. The average molecular weight is 522 g/mol. The molecule has 0 saturated carbocycles. The summed E-state index contributed by atoms with van der Waals surface area (Å²) in [6.07, 6.45) is -23.7. The molecule has 0 aromatic carbocycles. The van der Waals surface area contributed by atoms with E-state index in [-0.39, 0.29) is 0 Å². The molecule has 0 aliphatic carbocycles. The lowest BCUT2D eigenvalue weighted by Crippen LogP contribution is -2.74. The molecular weight excluding hydrogens is 522 g/mol. The maximum absolute atomic E-state index is 13.9. The highest BCUT2D eigenvalue weighted by Gasteiger charge is 2.90. The van der Waals surface area contributed by atoms with Crippen LogP contribution in [0.5, 0.6) is 0 Å². The summed E-state index contributed by atoms with van der Waals surface area (Å²) in [6, 6.07) is -4.97. The van der Waals surface area contributed by atoms with E-state index in [2.05, 4.69) is 0 Å². The van der Waals surface area contributed by atoms with Gasteiger partial charge in [-0.05, 0) is 0 Å². The average Bonchev–Trinajstić information content (AvgIpc) is 2.54. The van der Waals surface area contributed by atoms with Crippen LogP contribution < -0.4 is 0 Å². The molecule has 0 amide bonds. The molecule has 3 nitrogen and oxygen atoms in total. The summed E-state index contributed by atoms with van der Waals surface area (Å²) in [5.41, 5.74) is -16.0. The Kier molecular flexibility index (Phi) is 6.87. The Labute approximate surface area is 160 Å². The quantitative estimate of drug-likeness (QED) is 0.279. The van der Waals surface area contributed by atoms with Crippen LogP contribution in [0.2, 0.25) is 0 Å². The summed E-state index contributed by atoms with van der Waals surface area (Å²) in [5, 5.41) is 0. The maximum atomic E-state index is 13.9. The van der Waals surface area contributed by atoms with E-state index in [1.54, 1.807) is 0 Å². The van der Waals surface area contributed by atoms with Crippen LogP contribution >= 0.6 is 0 Å². The first-order chi connectivity index (χ1) is 13.5. The topological polar surface area (TPSA) is 51.2 Å². The third-order valence-corrected chi connectivity index (χ3v) is 3.43. The third kappa shape index (κ3) is 3.75. The van der Waals surface area contributed by atoms with Gasteiger partial charge in [-0.15, -0.1) is 0 Å². The van der Waals surface area contributed by atoms with Gasteiger partial charge < -0.3 is 0 Å². The van der Waals surface area contributed by atoms with Crippen molar-refractivity contribution in [1.82, 2.24) is 0 Å². The Morgan fingerprint density at radius 1 is 0.438 bits per heavy atom. The van der Waals surface area contributed by atoms with E-state index in [9.17, 15) is 93.4 Å². The van der Waals surface area contributed by atoms with E-state index < -0.39 is 65.2 Å². The van der Waals surface area contributed by atoms with Gasteiger partial charge in [-0.2, -0.15) is 70.2 Å². The fraction of sp³-hybridized carbons (Fsp3) is 0.727. The second-order valence-corrected chi connectivity index (χ2v) is 5.47. The van der Waals surface area contributed by atoms with E-state index in [4.69, 9.17) is 0 Å². The molecule has 2 unspecified atom stereocenters. The van der Waals surface area contributed by atoms with Gasteiger partial charge in [0.2, 0.25) is 0 Å². The van der Waals surface area contributed by atoms with Gasteiger partial charge in [0.25, 0.3) is 11.6 Å². The highest BCUT2D eigenvalue weighted by Crippen LogP contribution is 2.56. The van der Waals surface area contributed by atoms with E-state index in [0.717, 1.165) is 0 Å². The second-order valence-electron chi connectivity index (χ2n) is 5.47. The van der Waals surface area contributed by atoms with E-state index >= 15 is 0 Å². The van der Waals surface area contributed by atoms with Crippen LogP contribution in [0.1, 0.15) is 0 Å². The molecule has 0 spiro atoms. The van der Waals surface area contributed by atoms with Crippen molar-refractivity contribution in [2.75, 3.05) is 0 Å². The zero-order chi connectivity index (χ0) is 26.7. The minimum Gasteiger partial charge on any atom is -0.288 e. The highest BCUT2D eigenvalue weighted by molar-refractivity contribution is 6.14. The van der Waals surface area contributed by atoms with Crippen LogP contribution in [-0.4, -0.2) is 65.2 Å². The normalized spacial score (nSPS) is 18.6. The molecule has 32 heavy (non-hydrogen) atoms. The van der Waals surface area contributed by atoms with Gasteiger partial charge in [-0.1, -0.05) is 0 Å². The standard InChI is InChI=1S/C11F18O3/c12-3(32)4(13,9(21,22)23)1(30)6(15,16)5(14,10(24,25)26)2(31)7(17,18)8(19,20)11(27,28)29. The van der Waals surface area contributed by atoms with Crippen molar-refractivity contribution in [2.24, 2.45) is 0 Å². The molecule has 188 valence electrons. The predicted octanol–water partition coefficient (Wildman–Crippen LogP) is 4.63. The molecule has 0 fully saturated rings. The van der Waals surface area contributed by atoms with Crippen LogP contribution in [0.15, 0.2) is 0 Å². The van der Waals surface area contributed by atoms with E-state index in [0.29, 0.717) is 0 Å². The lowest BCUT2D eigenvalue weighted by Gasteiger charge is -2.38. The fourth-order valence-electron chi connectivity index (χ4n) is 1.69. The SMILES string of the molecule is O=C(F)C(F)(C(=O)C(F)(F)C(F)(C(=O)C(F)(F)C(F)(F)C(F)(F)F)C(F)(F)F)C(F)(F)F. The van der Waals surface area contributed by atoms with Crippen LogP contribution in [0.25, 0.3) is 0 Å². The van der Waals surface area contributed by atoms with Gasteiger partial charge in [0.1, 0.15) is 0 Å². The molecule has 21 heteroatoms. The Morgan fingerprint density at radius 2 is 0.781 bits per heavy atom. The van der Waals surface area contributed by atoms with Crippen molar-refractivity contribution in [3.05, 3.63) is 0 Å². The van der Waals surface area contributed by atoms with Crippen LogP contribution in [0, 0.1) is 0 Å². The summed E-state index contributed by atoms with van der Waals surface area (Å²) in [4.78, 5) is 31.8. The van der Waals surface area contributed by atoms with Gasteiger partial charge in [0, 0.05) is 0 Å². The van der Waals surface area contributed by atoms with Crippen molar-refractivity contribution in [2.45, 2.75) is 47.6 Å². The maximum Gasteiger partial charge on any atom is 0.460 e. The van der Waals surface area contributed by atoms with Crippen molar-refractivity contribution in [1.29, 1.82) is 0 Å². The zero-order valence-electron chi connectivity index (χ0n) is 13.5. The zero-order valence-corrected chi connectivity index (χ0v) is 13.5. The van der Waals surface area contributed by atoms with Crippen LogP contribution in [-0.2, 0) is 14.4 Å². The number of alkyl halides is 17. The second kappa shape index (κ2) is 7.39. The van der Waals surface area contributed by atoms with Gasteiger partial charge in [0.05, 0.1) is 0 Å². The third-order valence-electron chi connectivity index (χ3n) is 3.43. The monoisotopic (exact) mass is 522 g/mol. The molecule has 0 aliphatic rings. The predicted molar refractivity (Wildman–Crippen MR) is 56.8 cm³/mol. The molecule has 0 bridgehead atoms. The Morgan fingerprint density at radius 3 is 1.00 bits per heavy atom. The van der Waals surface area contributed by atoms with Gasteiger partial charge in [-0.25, -0.2) is 8.78 Å². The van der Waals surface area contributed by atoms with Crippen LogP contribution in [0.4, 0.5) is 79.0 Å². The molecule has 0 radical (unpaired) electrons. The molecular formula is C11F18O3. The lowest BCUT2D eigenvalue weighted by atomic mass is 9.80. The number of Topliss-reactive ketones (excluding diaryl/α,β-unsaturated/α-hetero) is 2. The first-order valence-electron chi connectivity index (χ1n) is 6.51. The number of halogens is 18. The minimum atomic E-state index is -8.48. The Hall–Kier alpha value is -2.25. The molecule has 0 aliphatic heterocycles. The molecule has 0 aromatic rings. The highest BCUT2D eigenvalue weighted by atomic mass is 19.4.